The van der Waals surface area contributed by atoms with Gasteiger partial charge in [0.1, 0.15) is 12.2 Å². The molecule has 16 heteroatoms. The summed E-state index contributed by atoms with van der Waals surface area (Å²) in [6, 6.07) is 0. The summed E-state index contributed by atoms with van der Waals surface area (Å²) >= 11 is 0. The van der Waals surface area contributed by atoms with Crippen LogP contribution < -0.4 is 21.3 Å². The van der Waals surface area contributed by atoms with Crippen molar-refractivity contribution in [2.75, 3.05) is 52.6 Å². The Kier molecular flexibility index (Phi) is 20.6. The second kappa shape index (κ2) is 20.7. The van der Waals surface area contributed by atoms with Crippen molar-refractivity contribution in [3.63, 3.8) is 0 Å². The van der Waals surface area contributed by atoms with Crippen LogP contribution in [-0.2, 0) is 19.2 Å². The summed E-state index contributed by atoms with van der Waals surface area (Å²) in [6.07, 6.45) is -4.59. The molecular formula is C30H60N4O12. The van der Waals surface area contributed by atoms with Gasteiger partial charge in [-0.1, -0.05) is 55.4 Å². The van der Waals surface area contributed by atoms with E-state index in [9.17, 15) is 39.6 Å². The number of rotatable bonds is 20. The third-order valence-electron chi connectivity index (χ3n) is 7.02. The maximum Gasteiger partial charge on any atom is 0.249 e. The third-order valence-corrected chi connectivity index (χ3v) is 7.02. The Morgan fingerprint density at radius 2 is 0.739 bits per heavy atom. The highest BCUT2D eigenvalue weighted by Crippen LogP contribution is 2.21. The molecule has 4 amide bonds. The Morgan fingerprint density at radius 1 is 0.478 bits per heavy atom. The van der Waals surface area contributed by atoms with E-state index >= 15 is 0 Å². The minimum absolute atomic E-state index is 0.0554. The quantitative estimate of drug-likeness (QED) is 0.0609. The number of hydrogen-bond donors (Lipinski definition) is 12. The van der Waals surface area contributed by atoms with E-state index in [0.29, 0.717) is 0 Å². The van der Waals surface area contributed by atoms with Crippen LogP contribution >= 0.6 is 0 Å². The van der Waals surface area contributed by atoms with Gasteiger partial charge >= 0.3 is 0 Å². The second-order valence-electron chi connectivity index (χ2n) is 14.5. The molecule has 0 aliphatic heterocycles. The van der Waals surface area contributed by atoms with Crippen LogP contribution in [0.5, 0.6) is 0 Å². The van der Waals surface area contributed by atoms with Gasteiger partial charge in [-0.3, -0.25) is 19.2 Å². The molecule has 0 bridgehead atoms. The van der Waals surface area contributed by atoms with Gasteiger partial charge in [-0.15, -0.1) is 0 Å². The first kappa shape index (κ1) is 45.7. The van der Waals surface area contributed by atoms with E-state index in [0.717, 1.165) is 0 Å². The molecule has 4 atom stereocenters. The fourth-order valence-corrected chi connectivity index (χ4v) is 3.23. The van der Waals surface area contributed by atoms with Crippen molar-refractivity contribution in [2.24, 2.45) is 21.7 Å². The first-order valence-corrected chi connectivity index (χ1v) is 15.1. The molecule has 0 saturated carbocycles. The van der Waals surface area contributed by atoms with Crippen LogP contribution in [0, 0.1) is 21.7 Å². The molecule has 0 fully saturated rings. The second-order valence-corrected chi connectivity index (χ2v) is 14.5. The van der Waals surface area contributed by atoms with Gasteiger partial charge < -0.3 is 62.1 Å². The van der Waals surface area contributed by atoms with Gasteiger partial charge in [0.25, 0.3) is 0 Å². The standard InChI is InChI=1S/2C15H30N2O6/c2*1-14(2,8-18)5-11(21)16-6-10(20)7-17-13(23)12(22)15(3,4)9-19/h2*10,12,18-20,22H,5-9H2,1-4H3,(H,16,21)(H,17,23). The Morgan fingerprint density at radius 3 is 0.978 bits per heavy atom. The van der Waals surface area contributed by atoms with E-state index < -0.39 is 57.9 Å². The average molecular weight is 669 g/mol. The van der Waals surface area contributed by atoms with Gasteiger partial charge in [-0.2, -0.15) is 0 Å². The number of nitrogens with one attached hydrogen (secondary N) is 4. The van der Waals surface area contributed by atoms with Gasteiger partial charge in [-0.05, 0) is 10.8 Å². The highest BCUT2D eigenvalue weighted by atomic mass is 16.3. The monoisotopic (exact) mass is 668 g/mol. The maximum absolute atomic E-state index is 11.7. The van der Waals surface area contributed by atoms with E-state index in [-0.39, 0.29) is 77.3 Å². The molecule has 0 saturated heterocycles. The first-order valence-electron chi connectivity index (χ1n) is 15.1. The molecule has 0 aliphatic carbocycles. The summed E-state index contributed by atoms with van der Waals surface area (Å²) in [6.45, 7) is 11.8. The summed E-state index contributed by atoms with van der Waals surface area (Å²) in [5, 5.41) is 85.2. The Balaban J connectivity index is 0. The molecule has 16 nitrogen and oxygen atoms in total. The van der Waals surface area contributed by atoms with Crippen LogP contribution in [0.1, 0.15) is 68.2 Å². The van der Waals surface area contributed by atoms with Crippen LogP contribution in [0.4, 0.5) is 0 Å². The van der Waals surface area contributed by atoms with E-state index in [4.69, 9.17) is 20.4 Å². The topological polar surface area (TPSA) is 278 Å². The van der Waals surface area contributed by atoms with Gasteiger partial charge in [-0.25, -0.2) is 0 Å². The molecule has 272 valence electrons. The van der Waals surface area contributed by atoms with Gasteiger partial charge in [0.2, 0.25) is 23.6 Å². The highest BCUT2D eigenvalue weighted by Gasteiger charge is 2.34. The zero-order chi connectivity index (χ0) is 36.5. The summed E-state index contributed by atoms with van der Waals surface area (Å²) in [7, 11) is 0. The summed E-state index contributed by atoms with van der Waals surface area (Å²) in [5.41, 5.74) is -3.05. The highest BCUT2D eigenvalue weighted by molar-refractivity contribution is 5.82. The lowest BCUT2D eigenvalue weighted by Crippen LogP contribution is -2.48. The van der Waals surface area contributed by atoms with Crippen molar-refractivity contribution >= 4 is 23.6 Å². The maximum atomic E-state index is 11.7. The molecule has 0 aromatic rings. The smallest absolute Gasteiger partial charge is 0.249 e. The van der Waals surface area contributed by atoms with Crippen molar-refractivity contribution in [2.45, 2.75) is 92.6 Å². The molecule has 12 N–H and O–H groups in total. The van der Waals surface area contributed by atoms with Crippen LogP contribution in [0.25, 0.3) is 0 Å². The van der Waals surface area contributed by atoms with Crippen LogP contribution in [0.2, 0.25) is 0 Å². The van der Waals surface area contributed by atoms with E-state index in [1.54, 1.807) is 27.7 Å². The predicted molar refractivity (Wildman–Crippen MR) is 169 cm³/mol. The fourth-order valence-electron chi connectivity index (χ4n) is 3.23. The average Bonchev–Trinajstić information content (AvgIpc) is 2.99. The van der Waals surface area contributed by atoms with Crippen LogP contribution in [-0.4, -0.2) is 142 Å². The largest absolute Gasteiger partial charge is 0.396 e. The molecule has 0 radical (unpaired) electrons. The SMILES string of the molecule is CC(C)(CO)CC(=O)NCC(O)CNC(=O)C(O)C(C)(C)CO.CC(C)(CO)CC(=O)NCC(O)CNC(=O)C(O)C(C)(C)CO. The number of carbonyl (C=O) groups excluding carboxylic acids is 4. The van der Waals surface area contributed by atoms with Gasteiger partial charge in [0, 0.05) is 63.1 Å². The van der Waals surface area contributed by atoms with Crippen molar-refractivity contribution in [1.82, 2.24) is 21.3 Å². The Hall–Kier alpha value is -2.44. The van der Waals surface area contributed by atoms with Crippen molar-refractivity contribution < 1.29 is 60.0 Å². The number of carbonyl (C=O) groups is 4. The number of amides is 4. The molecule has 0 aliphatic rings. The zero-order valence-corrected chi connectivity index (χ0v) is 28.6. The summed E-state index contributed by atoms with van der Waals surface area (Å²) in [4.78, 5) is 46.7. The Bertz CT molecular complexity index is 869. The van der Waals surface area contributed by atoms with Crippen molar-refractivity contribution in [1.29, 1.82) is 0 Å². The normalized spacial score (nSPS) is 15.0. The summed E-state index contributed by atoms with van der Waals surface area (Å²) < 4.78 is 0. The molecule has 46 heavy (non-hydrogen) atoms. The van der Waals surface area contributed by atoms with Crippen LogP contribution in [0.3, 0.4) is 0 Å². The molecule has 0 aromatic heterocycles. The fraction of sp³-hybridized carbons (Fsp3) is 0.867. The molecule has 0 heterocycles. The van der Waals surface area contributed by atoms with Crippen molar-refractivity contribution in [3.05, 3.63) is 0 Å². The lowest BCUT2D eigenvalue weighted by molar-refractivity contribution is -0.138. The molecule has 0 spiro atoms. The van der Waals surface area contributed by atoms with Gasteiger partial charge in [0.05, 0.1) is 25.4 Å². The zero-order valence-electron chi connectivity index (χ0n) is 28.6. The minimum atomic E-state index is -1.40. The molecule has 4 unspecified atom stereocenters. The van der Waals surface area contributed by atoms with Gasteiger partial charge in [0.15, 0.2) is 0 Å². The third kappa shape index (κ3) is 19.3. The van der Waals surface area contributed by atoms with Crippen LogP contribution in [0.15, 0.2) is 0 Å². The van der Waals surface area contributed by atoms with E-state index in [1.807, 2.05) is 0 Å². The number of aliphatic hydroxyl groups excluding tert-OH is 8. The molecule has 0 rings (SSSR count). The molecular weight excluding hydrogens is 608 g/mol. The lowest BCUT2D eigenvalue weighted by atomic mass is 9.87. The van der Waals surface area contributed by atoms with E-state index in [1.165, 1.54) is 27.7 Å². The molecule has 0 aromatic carbocycles. The van der Waals surface area contributed by atoms with Crippen molar-refractivity contribution in [3.8, 4) is 0 Å². The Labute approximate surface area is 272 Å². The number of hydrogen-bond acceptors (Lipinski definition) is 12. The predicted octanol–water partition coefficient (Wildman–Crippen LogP) is -3.26. The first-order chi connectivity index (χ1) is 20.9. The van der Waals surface area contributed by atoms with E-state index in [2.05, 4.69) is 21.3 Å². The minimum Gasteiger partial charge on any atom is -0.396 e. The lowest BCUT2D eigenvalue weighted by Gasteiger charge is -2.27. The number of aliphatic hydroxyl groups is 8. The summed E-state index contributed by atoms with van der Waals surface area (Å²) in [5.74, 6) is -2.02.